The van der Waals surface area contributed by atoms with Gasteiger partial charge < -0.3 is 20.2 Å². The Hall–Kier alpha value is -5.23. The highest BCUT2D eigenvalue weighted by molar-refractivity contribution is 5.91. The number of nitro benzene ring substituents is 1. The van der Waals surface area contributed by atoms with Crippen LogP contribution >= 0.6 is 0 Å². The molecule has 6 rings (SSSR count). The molecule has 0 aromatic heterocycles. The topological polar surface area (TPSA) is 140 Å². The van der Waals surface area contributed by atoms with Gasteiger partial charge in [-0.25, -0.2) is 14.8 Å². The first-order valence-electron chi connectivity index (χ1n) is 15.7. The Morgan fingerprint density at radius 1 is 1.06 bits per heavy atom. The van der Waals surface area contributed by atoms with E-state index in [9.17, 15) is 29.6 Å². The van der Waals surface area contributed by atoms with Crippen LogP contribution in [-0.4, -0.2) is 79.5 Å². The van der Waals surface area contributed by atoms with Crippen LogP contribution in [0.2, 0.25) is 0 Å². The zero-order valence-electron chi connectivity index (χ0n) is 26.2. The summed E-state index contributed by atoms with van der Waals surface area (Å²) in [6, 6.07) is 20.2. The van der Waals surface area contributed by atoms with Crippen molar-refractivity contribution in [2.24, 2.45) is 0 Å². The normalized spacial score (nSPS) is 20.5. The smallest absolute Gasteiger partial charge is 0.334 e. The Morgan fingerprint density at radius 3 is 2.40 bits per heavy atom. The third-order valence-electron chi connectivity index (χ3n) is 9.35. The fourth-order valence-electron chi connectivity index (χ4n) is 6.48. The van der Waals surface area contributed by atoms with Crippen molar-refractivity contribution in [3.63, 3.8) is 0 Å². The molecule has 47 heavy (non-hydrogen) atoms. The van der Waals surface area contributed by atoms with Crippen molar-refractivity contribution < 1.29 is 24.4 Å². The lowest BCUT2D eigenvalue weighted by Gasteiger charge is -2.55. The minimum atomic E-state index is -0.912. The van der Waals surface area contributed by atoms with Gasteiger partial charge in [0, 0.05) is 32.1 Å². The second-order valence-electron chi connectivity index (χ2n) is 12.7. The number of benzene rings is 3. The molecule has 0 bridgehead atoms. The molecule has 0 spiro atoms. The van der Waals surface area contributed by atoms with E-state index >= 15 is 0 Å². The number of carbonyl (C=O) groups is 3. The van der Waals surface area contributed by atoms with Crippen molar-refractivity contribution >= 4 is 23.5 Å². The molecule has 2 atom stereocenters. The van der Waals surface area contributed by atoms with Gasteiger partial charge in [0.1, 0.15) is 12.2 Å². The lowest BCUT2D eigenvalue weighted by molar-refractivity contribution is -0.385. The van der Waals surface area contributed by atoms with E-state index in [1.54, 1.807) is 16.0 Å². The van der Waals surface area contributed by atoms with E-state index in [2.05, 4.69) is 31.0 Å². The molecule has 0 radical (unpaired) electrons. The van der Waals surface area contributed by atoms with E-state index in [4.69, 9.17) is 0 Å². The van der Waals surface area contributed by atoms with Crippen LogP contribution in [0.4, 0.5) is 10.5 Å². The lowest BCUT2D eigenvalue weighted by Crippen LogP contribution is -2.76. The average Bonchev–Trinajstić information content (AvgIpc) is 3.81. The quantitative estimate of drug-likeness (QED) is 0.194. The number of nitrogens with zero attached hydrogens (tertiary/aromatic N) is 5. The van der Waals surface area contributed by atoms with Crippen molar-refractivity contribution in [3.8, 4) is 5.75 Å². The lowest BCUT2D eigenvalue weighted by atomic mass is 9.94. The van der Waals surface area contributed by atoms with Crippen LogP contribution in [0.1, 0.15) is 42.0 Å². The van der Waals surface area contributed by atoms with Crippen LogP contribution in [0.3, 0.4) is 0 Å². The summed E-state index contributed by atoms with van der Waals surface area (Å²) in [5.41, 5.74) is 3.24. The number of urea groups is 1. The molecular formula is C35H38N6O6. The zero-order valence-corrected chi connectivity index (χ0v) is 26.2. The van der Waals surface area contributed by atoms with E-state index in [-0.39, 0.29) is 56.4 Å². The minimum absolute atomic E-state index is 0.0114. The zero-order chi connectivity index (χ0) is 33.3. The van der Waals surface area contributed by atoms with E-state index in [0.29, 0.717) is 5.56 Å². The number of piperazine rings is 1. The predicted molar refractivity (Wildman–Crippen MR) is 174 cm³/mol. The van der Waals surface area contributed by atoms with Gasteiger partial charge in [0.2, 0.25) is 11.8 Å². The number of phenolic OH excluding ortho intramolecular Hbond substituents is 1. The molecule has 12 heteroatoms. The maximum Gasteiger partial charge on any atom is 0.334 e. The SMILES string of the molecule is C=CCN1CC(=O)N2C(CN(Cc3ccc([N+](=O)[O-])c(O)c3)C(=O)[C@@H]2Cc2ccc(C3(C)CC3)cc2)N1C(=O)NCc1ccccc1. The number of rotatable bonds is 10. The highest BCUT2D eigenvalue weighted by atomic mass is 16.6. The number of carbonyl (C=O) groups excluding carboxylic acids is 3. The summed E-state index contributed by atoms with van der Waals surface area (Å²) in [7, 11) is 0. The van der Waals surface area contributed by atoms with Crippen molar-refractivity contribution in [2.75, 3.05) is 19.6 Å². The molecule has 244 valence electrons. The Balaban J connectivity index is 1.33. The summed E-state index contributed by atoms with van der Waals surface area (Å²) in [4.78, 5) is 55.7. The minimum Gasteiger partial charge on any atom is -0.502 e. The van der Waals surface area contributed by atoms with Gasteiger partial charge in [-0.1, -0.05) is 73.7 Å². The number of nitrogens with one attached hydrogen (secondary N) is 1. The second kappa shape index (κ2) is 12.9. The van der Waals surface area contributed by atoms with Crippen LogP contribution < -0.4 is 5.32 Å². The molecule has 3 aliphatic rings. The Morgan fingerprint density at radius 2 is 1.77 bits per heavy atom. The van der Waals surface area contributed by atoms with Crippen LogP contribution in [0.25, 0.3) is 0 Å². The highest BCUT2D eigenvalue weighted by Gasteiger charge is 2.51. The third-order valence-corrected chi connectivity index (χ3v) is 9.35. The molecule has 4 amide bonds. The molecule has 1 aliphatic carbocycles. The summed E-state index contributed by atoms with van der Waals surface area (Å²) in [6.45, 7) is 6.42. The van der Waals surface area contributed by atoms with Crippen LogP contribution in [-0.2, 0) is 34.5 Å². The number of hydrogen-bond donors (Lipinski definition) is 2. The number of nitro groups is 1. The van der Waals surface area contributed by atoms with Crippen LogP contribution in [0, 0.1) is 10.1 Å². The van der Waals surface area contributed by atoms with Gasteiger partial charge in [-0.2, -0.15) is 0 Å². The molecule has 2 heterocycles. The summed E-state index contributed by atoms with van der Waals surface area (Å²) in [5.74, 6) is -1.10. The molecule has 2 aliphatic heterocycles. The Kier molecular flexibility index (Phi) is 8.69. The third kappa shape index (κ3) is 6.54. The van der Waals surface area contributed by atoms with Crippen molar-refractivity contribution in [1.82, 2.24) is 25.1 Å². The fraction of sp³-hybridized carbons (Fsp3) is 0.343. The van der Waals surface area contributed by atoms with Gasteiger partial charge in [-0.3, -0.25) is 19.7 Å². The Labute approximate surface area is 273 Å². The summed E-state index contributed by atoms with van der Waals surface area (Å²) in [5, 5.41) is 27.7. The first-order chi connectivity index (χ1) is 22.6. The number of hydrazine groups is 1. The summed E-state index contributed by atoms with van der Waals surface area (Å²) >= 11 is 0. The molecule has 2 N–H and O–H groups in total. The van der Waals surface area contributed by atoms with Gasteiger partial charge in [0.25, 0.3) is 0 Å². The van der Waals surface area contributed by atoms with Gasteiger partial charge in [0.15, 0.2) is 5.75 Å². The van der Waals surface area contributed by atoms with Gasteiger partial charge >= 0.3 is 11.7 Å². The van der Waals surface area contributed by atoms with Crippen LogP contribution in [0.5, 0.6) is 5.75 Å². The van der Waals surface area contributed by atoms with E-state index in [1.165, 1.54) is 33.7 Å². The molecule has 2 saturated heterocycles. The van der Waals surface area contributed by atoms with Crippen molar-refractivity contribution in [2.45, 2.75) is 56.9 Å². The molecule has 1 unspecified atom stereocenters. The molecule has 1 saturated carbocycles. The maximum atomic E-state index is 14.2. The molecule has 12 nitrogen and oxygen atoms in total. The van der Waals surface area contributed by atoms with Crippen LogP contribution in [0.15, 0.2) is 85.5 Å². The van der Waals surface area contributed by atoms with Gasteiger partial charge in [0.05, 0.1) is 18.0 Å². The molecular weight excluding hydrogens is 600 g/mol. The van der Waals surface area contributed by atoms with Gasteiger partial charge in [-0.05, 0) is 46.6 Å². The van der Waals surface area contributed by atoms with Crippen molar-refractivity contribution in [3.05, 3.63) is 118 Å². The first-order valence-corrected chi connectivity index (χ1v) is 15.7. The van der Waals surface area contributed by atoms with E-state index < -0.39 is 34.6 Å². The average molecular weight is 639 g/mol. The molecule has 3 aromatic carbocycles. The van der Waals surface area contributed by atoms with E-state index in [0.717, 1.165) is 24.0 Å². The Bertz CT molecular complexity index is 1690. The first kappa shape index (κ1) is 31.7. The number of phenols is 1. The number of aromatic hydroxyl groups is 1. The molecule has 3 fully saturated rings. The number of fused-ring (bicyclic) bond motifs is 1. The maximum absolute atomic E-state index is 14.2. The fourth-order valence-corrected chi connectivity index (χ4v) is 6.48. The van der Waals surface area contributed by atoms with E-state index in [1.807, 2.05) is 42.5 Å². The largest absolute Gasteiger partial charge is 0.502 e. The summed E-state index contributed by atoms with van der Waals surface area (Å²) < 4.78 is 0. The predicted octanol–water partition coefficient (Wildman–Crippen LogP) is 4.09. The highest BCUT2D eigenvalue weighted by Crippen LogP contribution is 2.47. The molecule has 3 aromatic rings. The standard InChI is InChI=1S/C35H38N6O6/c1-3-17-38-23-32(43)39-29(18-24-9-12-27(13-10-24)35(2)15-16-35)33(44)37(21-26-11-14-28(41(46)47)30(42)19-26)22-31(39)40(38)34(45)36-20-25-7-5-4-6-8-25/h3-14,19,29,31,42H,1,15-18,20-23H2,2H3,(H,36,45)/t29-,31?/m0/s1. The van der Waals surface area contributed by atoms with Gasteiger partial charge in [-0.15, -0.1) is 6.58 Å². The number of hydrogen-bond acceptors (Lipinski definition) is 7. The monoisotopic (exact) mass is 638 g/mol. The van der Waals surface area contributed by atoms with Crippen molar-refractivity contribution in [1.29, 1.82) is 0 Å². The number of amides is 4. The summed E-state index contributed by atoms with van der Waals surface area (Å²) in [6.07, 6.45) is 3.28. The second-order valence-corrected chi connectivity index (χ2v) is 12.7.